The predicted molar refractivity (Wildman–Crippen MR) is 117 cm³/mol. The van der Waals surface area contributed by atoms with Crippen LogP contribution >= 0.6 is 0 Å². The van der Waals surface area contributed by atoms with E-state index >= 15 is 0 Å². The summed E-state index contributed by atoms with van der Waals surface area (Å²) in [7, 11) is 0. The SMILES string of the molecule is CCCCCCC1CC(C(=O)OCC)(C(=O)OCC)Cc2nc3ccccc3cc21. The fourth-order valence-electron chi connectivity index (χ4n) is 4.56. The van der Waals surface area contributed by atoms with Gasteiger partial charge in [0.2, 0.25) is 0 Å². The van der Waals surface area contributed by atoms with Gasteiger partial charge in [-0.25, -0.2) is 0 Å². The van der Waals surface area contributed by atoms with Crippen molar-refractivity contribution in [3.05, 3.63) is 41.6 Å². The van der Waals surface area contributed by atoms with Crippen molar-refractivity contribution in [2.24, 2.45) is 5.41 Å². The molecule has 0 amide bonds. The first-order valence-electron chi connectivity index (χ1n) is 11.3. The first-order chi connectivity index (χ1) is 14.6. The zero-order valence-corrected chi connectivity index (χ0v) is 18.4. The van der Waals surface area contributed by atoms with Crippen molar-refractivity contribution in [3.8, 4) is 0 Å². The van der Waals surface area contributed by atoms with Gasteiger partial charge >= 0.3 is 11.9 Å². The number of carbonyl (C=O) groups excluding carboxylic acids is 2. The molecule has 3 rings (SSSR count). The molecule has 0 N–H and O–H groups in total. The monoisotopic (exact) mass is 411 g/mol. The smallest absolute Gasteiger partial charge is 0.323 e. The van der Waals surface area contributed by atoms with Crippen LogP contribution in [0, 0.1) is 5.41 Å². The summed E-state index contributed by atoms with van der Waals surface area (Å²) in [6, 6.07) is 10.2. The molecule has 1 unspecified atom stereocenters. The fourth-order valence-corrected chi connectivity index (χ4v) is 4.56. The summed E-state index contributed by atoms with van der Waals surface area (Å²) in [4.78, 5) is 31.0. The first-order valence-corrected chi connectivity index (χ1v) is 11.3. The van der Waals surface area contributed by atoms with Crippen LogP contribution in [0.15, 0.2) is 30.3 Å². The zero-order valence-electron chi connectivity index (χ0n) is 18.4. The summed E-state index contributed by atoms with van der Waals surface area (Å²) in [5.74, 6) is -0.887. The highest BCUT2D eigenvalue weighted by atomic mass is 16.6. The number of unbranched alkanes of at least 4 members (excludes halogenated alkanes) is 3. The summed E-state index contributed by atoms with van der Waals surface area (Å²) in [6.07, 6.45) is 6.15. The van der Waals surface area contributed by atoms with Crippen molar-refractivity contribution in [2.45, 2.75) is 71.6 Å². The maximum Gasteiger partial charge on any atom is 0.323 e. The van der Waals surface area contributed by atoms with E-state index in [1.807, 2.05) is 18.2 Å². The molecular weight excluding hydrogens is 378 g/mol. The van der Waals surface area contributed by atoms with E-state index in [4.69, 9.17) is 14.5 Å². The van der Waals surface area contributed by atoms with Gasteiger partial charge in [-0.1, -0.05) is 50.8 Å². The Bertz CT molecular complexity index is 874. The Labute approximate surface area is 179 Å². The fraction of sp³-hybridized carbons (Fsp3) is 0.560. The van der Waals surface area contributed by atoms with Gasteiger partial charge in [-0.2, -0.15) is 0 Å². The standard InChI is InChI=1S/C25H33NO4/c1-4-7-8-9-13-19-16-25(23(27)29-5-2,24(28)30-6-3)17-22-20(19)15-18-12-10-11-14-21(18)26-22/h10-12,14-15,19H,4-9,13,16-17H2,1-3H3. The van der Waals surface area contributed by atoms with E-state index in [9.17, 15) is 9.59 Å². The predicted octanol–water partition coefficient (Wildman–Crippen LogP) is 5.35. The van der Waals surface area contributed by atoms with Crippen molar-refractivity contribution < 1.29 is 19.1 Å². The average molecular weight is 412 g/mol. The molecule has 0 spiro atoms. The number of carbonyl (C=O) groups is 2. The number of para-hydroxylation sites is 1. The maximum absolute atomic E-state index is 13.1. The molecule has 1 aromatic heterocycles. The molecule has 1 atom stereocenters. The molecule has 1 aliphatic rings. The van der Waals surface area contributed by atoms with Crippen LogP contribution < -0.4 is 0 Å². The van der Waals surface area contributed by atoms with Gasteiger partial charge in [0.25, 0.3) is 0 Å². The van der Waals surface area contributed by atoms with E-state index in [-0.39, 0.29) is 25.6 Å². The van der Waals surface area contributed by atoms with Crippen molar-refractivity contribution >= 4 is 22.8 Å². The molecule has 0 bridgehead atoms. The number of pyridine rings is 1. The highest BCUT2D eigenvalue weighted by Gasteiger charge is 2.53. The molecular formula is C25H33NO4. The van der Waals surface area contributed by atoms with Gasteiger partial charge in [-0.05, 0) is 50.3 Å². The Morgan fingerprint density at radius 1 is 1.03 bits per heavy atom. The molecule has 5 nitrogen and oxygen atoms in total. The third kappa shape index (κ3) is 4.50. The third-order valence-electron chi connectivity index (χ3n) is 6.08. The van der Waals surface area contributed by atoms with Crippen LogP contribution in [0.3, 0.4) is 0 Å². The average Bonchev–Trinajstić information content (AvgIpc) is 2.75. The molecule has 0 saturated carbocycles. The van der Waals surface area contributed by atoms with Crippen LogP contribution in [0.1, 0.15) is 76.5 Å². The second-order valence-corrected chi connectivity index (χ2v) is 8.17. The van der Waals surface area contributed by atoms with E-state index in [2.05, 4.69) is 19.1 Å². The largest absolute Gasteiger partial charge is 0.465 e. The van der Waals surface area contributed by atoms with Crippen LogP contribution in [-0.4, -0.2) is 30.1 Å². The van der Waals surface area contributed by atoms with Crippen molar-refractivity contribution in [1.29, 1.82) is 0 Å². The van der Waals surface area contributed by atoms with Crippen molar-refractivity contribution in [2.75, 3.05) is 13.2 Å². The first kappa shape index (κ1) is 22.3. The number of nitrogens with zero attached hydrogens (tertiary/aromatic N) is 1. The van der Waals surface area contributed by atoms with Crippen LogP contribution in [0.4, 0.5) is 0 Å². The Balaban J connectivity index is 2.05. The number of benzene rings is 1. The summed E-state index contributed by atoms with van der Waals surface area (Å²) >= 11 is 0. The second kappa shape index (κ2) is 10.1. The maximum atomic E-state index is 13.1. The molecule has 0 aliphatic heterocycles. The molecule has 0 radical (unpaired) electrons. The molecule has 30 heavy (non-hydrogen) atoms. The highest BCUT2D eigenvalue weighted by Crippen LogP contribution is 2.46. The lowest BCUT2D eigenvalue weighted by Gasteiger charge is -2.38. The summed E-state index contributed by atoms with van der Waals surface area (Å²) in [5.41, 5.74) is 1.55. The lowest BCUT2D eigenvalue weighted by atomic mass is 9.67. The number of aromatic nitrogens is 1. The van der Waals surface area contributed by atoms with E-state index < -0.39 is 17.4 Å². The van der Waals surface area contributed by atoms with Crippen LogP contribution in [0.25, 0.3) is 10.9 Å². The normalized spacial score (nSPS) is 17.4. The van der Waals surface area contributed by atoms with Crippen molar-refractivity contribution in [3.63, 3.8) is 0 Å². The Morgan fingerprint density at radius 3 is 2.40 bits per heavy atom. The van der Waals surface area contributed by atoms with Gasteiger partial charge in [0.1, 0.15) is 0 Å². The van der Waals surface area contributed by atoms with E-state index in [0.29, 0.717) is 6.42 Å². The van der Waals surface area contributed by atoms with E-state index in [0.717, 1.165) is 41.4 Å². The lowest BCUT2D eigenvalue weighted by Crippen LogP contribution is -2.47. The van der Waals surface area contributed by atoms with Gasteiger partial charge < -0.3 is 9.47 Å². The molecule has 1 heterocycles. The molecule has 1 aromatic carbocycles. The lowest BCUT2D eigenvalue weighted by molar-refractivity contribution is -0.173. The minimum Gasteiger partial charge on any atom is -0.465 e. The molecule has 2 aromatic rings. The molecule has 0 saturated heterocycles. The topological polar surface area (TPSA) is 65.5 Å². The Kier molecular flexibility index (Phi) is 7.46. The molecule has 5 heteroatoms. The van der Waals surface area contributed by atoms with Crippen LogP contribution in [0.2, 0.25) is 0 Å². The number of hydrogen-bond donors (Lipinski definition) is 0. The number of hydrogen-bond acceptors (Lipinski definition) is 5. The Morgan fingerprint density at radius 2 is 1.73 bits per heavy atom. The van der Waals surface area contributed by atoms with Gasteiger partial charge in [0, 0.05) is 17.5 Å². The summed E-state index contributed by atoms with van der Waals surface area (Å²) in [6.45, 7) is 6.19. The number of fused-ring (bicyclic) bond motifs is 2. The quantitative estimate of drug-likeness (QED) is 0.316. The summed E-state index contributed by atoms with van der Waals surface area (Å²) in [5, 5.41) is 1.09. The van der Waals surface area contributed by atoms with E-state index in [1.165, 1.54) is 12.8 Å². The Hall–Kier alpha value is -2.43. The minimum atomic E-state index is -1.32. The van der Waals surface area contributed by atoms with Gasteiger partial charge in [-0.15, -0.1) is 0 Å². The second-order valence-electron chi connectivity index (χ2n) is 8.17. The van der Waals surface area contributed by atoms with Gasteiger partial charge in [0.05, 0.1) is 18.7 Å². The third-order valence-corrected chi connectivity index (χ3v) is 6.08. The molecule has 0 fully saturated rings. The number of esters is 2. The number of rotatable bonds is 9. The molecule has 1 aliphatic carbocycles. The number of ether oxygens (including phenoxy) is 2. The van der Waals surface area contributed by atoms with Crippen molar-refractivity contribution in [1.82, 2.24) is 4.98 Å². The van der Waals surface area contributed by atoms with Crippen LogP contribution in [0.5, 0.6) is 0 Å². The minimum absolute atomic E-state index is 0.0801. The zero-order chi connectivity index (χ0) is 21.6. The van der Waals surface area contributed by atoms with Gasteiger partial charge in [0.15, 0.2) is 5.41 Å². The van der Waals surface area contributed by atoms with Crippen LogP contribution in [-0.2, 0) is 25.5 Å². The highest BCUT2D eigenvalue weighted by molar-refractivity contribution is 6.01. The van der Waals surface area contributed by atoms with Gasteiger partial charge in [-0.3, -0.25) is 14.6 Å². The molecule has 162 valence electrons. The summed E-state index contributed by atoms with van der Waals surface area (Å²) < 4.78 is 10.8. The van der Waals surface area contributed by atoms with E-state index in [1.54, 1.807) is 13.8 Å².